The fraction of sp³-hybridized carbons (Fsp3) is 0.467. The van der Waals surface area contributed by atoms with E-state index in [9.17, 15) is 29.9 Å². The number of carboxylic acids is 1. The number of methoxy groups -OCH3 is 1. The van der Waals surface area contributed by atoms with Crippen LogP contribution < -0.4 is 10.1 Å². The first kappa shape index (κ1) is 21.5. The maximum atomic E-state index is 11.8. The number of aliphatic carboxylic acids is 1. The molecule has 1 aromatic carbocycles. The molecule has 0 fully saturated rings. The number of phenols is 1. The predicted octanol–water partition coefficient (Wildman–Crippen LogP) is 2.59. The summed E-state index contributed by atoms with van der Waals surface area (Å²) in [5.41, 5.74) is -1.36. The molecule has 1 unspecified atom stereocenters. The zero-order chi connectivity index (χ0) is 20.2. The fourth-order valence-electron chi connectivity index (χ4n) is 1.99. The van der Waals surface area contributed by atoms with Crippen LogP contribution in [0.15, 0.2) is 10.5 Å². The Balaban J connectivity index is 3.23. The van der Waals surface area contributed by atoms with Gasteiger partial charge in [-0.2, -0.15) is 0 Å². The quantitative estimate of drug-likeness (QED) is 0.456. The van der Waals surface area contributed by atoms with Crippen LogP contribution in [0.25, 0.3) is 0 Å². The maximum Gasteiger partial charge on any atom is 0.408 e. The Bertz CT molecular complexity index is 729. The number of rotatable bonds is 6. The number of carboxylic acid groups (broad SMARTS) is 1. The second-order valence-electron chi connectivity index (χ2n) is 6.24. The minimum atomic E-state index is -1.50. The standard InChI is InChI=1S/C15H19BrN2O8/c1-15(2,3)26-14(22)17-8(13(20)21)5-7-11(16)9(18(23)24)6-10(25-4)12(7)19/h6,8,19H,5H2,1-4H3,(H,17,22)(H,20,21). The molecule has 0 heterocycles. The molecule has 0 saturated carbocycles. The Morgan fingerprint density at radius 3 is 2.42 bits per heavy atom. The first-order valence-electron chi connectivity index (χ1n) is 7.32. The maximum absolute atomic E-state index is 11.8. The topological polar surface area (TPSA) is 148 Å². The van der Waals surface area contributed by atoms with Crippen molar-refractivity contribution in [1.29, 1.82) is 0 Å². The van der Waals surface area contributed by atoms with E-state index in [2.05, 4.69) is 21.2 Å². The van der Waals surface area contributed by atoms with E-state index in [4.69, 9.17) is 9.47 Å². The number of nitrogens with zero attached hydrogens (tertiary/aromatic N) is 1. The second kappa shape index (κ2) is 8.21. The number of ether oxygens (including phenoxy) is 2. The number of amides is 1. The van der Waals surface area contributed by atoms with Gasteiger partial charge in [-0.25, -0.2) is 9.59 Å². The van der Waals surface area contributed by atoms with Crippen LogP contribution in [0, 0.1) is 10.1 Å². The highest BCUT2D eigenvalue weighted by atomic mass is 79.9. The number of carbonyl (C=O) groups excluding carboxylic acids is 1. The van der Waals surface area contributed by atoms with E-state index in [0.29, 0.717) is 0 Å². The third-order valence-corrected chi connectivity index (χ3v) is 3.98. The van der Waals surface area contributed by atoms with Gasteiger partial charge in [0, 0.05) is 12.0 Å². The SMILES string of the molecule is COc1cc([N+](=O)[O-])c(Br)c(CC(NC(=O)OC(C)(C)C)C(=O)O)c1O. The average Bonchev–Trinajstić information content (AvgIpc) is 2.48. The highest BCUT2D eigenvalue weighted by molar-refractivity contribution is 9.10. The Hall–Kier alpha value is -2.56. The number of hydrogen-bond donors (Lipinski definition) is 3. The van der Waals surface area contributed by atoms with Crippen LogP contribution in [0.2, 0.25) is 0 Å². The van der Waals surface area contributed by atoms with Crippen molar-refractivity contribution < 1.29 is 34.2 Å². The minimum absolute atomic E-state index is 0.0977. The lowest BCUT2D eigenvalue weighted by Crippen LogP contribution is -2.44. The largest absolute Gasteiger partial charge is 0.504 e. The van der Waals surface area contributed by atoms with Crippen molar-refractivity contribution in [3.8, 4) is 11.5 Å². The van der Waals surface area contributed by atoms with E-state index in [1.165, 1.54) is 7.11 Å². The number of benzene rings is 1. The monoisotopic (exact) mass is 434 g/mol. The van der Waals surface area contributed by atoms with Gasteiger partial charge in [0.25, 0.3) is 5.69 Å². The molecule has 0 aromatic heterocycles. The molecule has 3 N–H and O–H groups in total. The van der Waals surface area contributed by atoms with Gasteiger partial charge in [-0.15, -0.1) is 0 Å². The number of phenolic OH excluding ortho intramolecular Hbond substituents is 1. The van der Waals surface area contributed by atoms with E-state index in [0.717, 1.165) is 6.07 Å². The first-order valence-corrected chi connectivity index (χ1v) is 8.11. The van der Waals surface area contributed by atoms with Crippen LogP contribution in [0.3, 0.4) is 0 Å². The van der Waals surface area contributed by atoms with Crippen molar-refractivity contribution in [2.24, 2.45) is 0 Å². The summed E-state index contributed by atoms with van der Waals surface area (Å²) >= 11 is 2.99. The van der Waals surface area contributed by atoms with Crippen LogP contribution in [-0.4, -0.2) is 46.0 Å². The molecule has 0 spiro atoms. The number of nitrogens with one attached hydrogen (secondary N) is 1. The summed E-state index contributed by atoms with van der Waals surface area (Å²) in [6.45, 7) is 4.82. The van der Waals surface area contributed by atoms with Crippen LogP contribution in [0.4, 0.5) is 10.5 Å². The van der Waals surface area contributed by atoms with Crippen LogP contribution >= 0.6 is 15.9 Å². The van der Waals surface area contributed by atoms with Gasteiger partial charge < -0.3 is 25.0 Å². The molecule has 1 amide bonds. The Morgan fingerprint density at radius 1 is 1.42 bits per heavy atom. The van der Waals surface area contributed by atoms with Crippen molar-refractivity contribution in [3.63, 3.8) is 0 Å². The van der Waals surface area contributed by atoms with Crippen LogP contribution in [0.1, 0.15) is 26.3 Å². The third-order valence-electron chi connectivity index (χ3n) is 3.09. The Kier molecular flexibility index (Phi) is 6.79. The number of carbonyl (C=O) groups is 2. The summed E-state index contributed by atoms with van der Waals surface area (Å²) in [4.78, 5) is 33.7. The first-order chi connectivity index (χ1) is 11.9. The van der Waals surface area contributed by atoms with Crippen molar-refractivity contribution >= 4 is 33.7 Å². The number of nitro groups is 1. The molecule has 1 atom stereocenters. The summed E-state index contributed by atoms with van der Waals surface area (Å²) < 4.78 is 9.78. The van der Waals surface area contributed by atoms with E-state index in [-0.39, 0.29) is 15.8 Å². The van der Waals surface area contributed by atoms with Crippen LogP contribution in [-0.2, 0) is 16.0 Å². The molecule has 0 saturated heterocycles. The molecule has 0 bridgehead atoms. The molecular formula is C15H19BrN2O8. The molecule has 11 heteroatoms. The van der Waals surface area contributed by atoms with E-state index in [1.807, 2.05) is 0 Å². The molecule has 10 nitrogen and oxygen atoms in total. The molecule has 0 aliphatic rings. The highest BCUT2D eigenvalue weighted by Gasteiger charge is 2.30. The number of hydrogen-bond acceptors (Lipinski definition) is 7. The van der Waals surface area contributed by atoms with Gasteiger partial charge in [0.15, 0.2) is 11.5 Å². The molecule has 26 heavy (non-hydrogen) atoms. The molecule has 144 valence electrons. The van der Waals surface area contributed by atoms with Gasteiger partial charge in [0.2, 0.25) is 0 Å². The summed E-state index contributed by atoms with van der Waals surface area (Å²) in [5, 5.41) is 32.8. The van der Waals surface area contributed by atoms with Crippen molar-refractivity contribution in [1.82, 2.24) is 5.32 Å². The van der Waals surface area contributed by atoms with Gasteiger partial charge in [-0.1, -0.05) is 0 Å². The Morgan fingerprint density at radius 2 is 2.00 bits per heavy atom. The lowest BCUT2D eigenvalue weighted by molar-refractivity contribution is -0.385. The van der Waals surface area contributed by atoms with Gasteiger partial charge in [0.1, 0.15) is 16.1 Å². The fourth-order valence-corrected chi connectivity index (χ4v) is 2.60. The van der Waals surface area contributed by atoms with Gasteiger partial charge in [0.05, 0.1) is 18.1 Å². The van der Waals surface area contributed by atoms with Gasteiger partial charge in [-0.3, -0.25) is 10.1 Å². The third kappa shape index (κ3) is 5.48. The molecule has 0 aliphatic heterocycles. The molecule has 0 aliphatic carbocycles. The predicted molar refractivity (Wildman–Crippen MR) is 93.5 cm³/mol. The summed E-state index contributed by atoms with van der Waals surface area (Å²) in [6.07, 6.45) is -1.42. The lowest BCUT2D eigenvalue weighted by atomic mass is 10.0. The summed E-state index contributed by atoms with van der Waals surface area (Å²) in [6, 6.07) is -0.501. The van der Waals surface area contributed by atoms with Crippen molar-refractivity contribution in [2.75, 3.05) is 7.11 Å². The number of alkyl carbamates (subject to hydrolysis) is 1. The summed E-state index contributed by atoms with van der Waals surface area (Å²) in [7, 11) is 1.20. The normalized spacial score (nSPS) is 12.2. The van der Waals surface area contributed by atoms with Crippen LogP contribution in [0.5, 0.6) is 11.5 Å². The van der Waals surface area contributed by atoms with Crippen molar-refractivity contribution in [2.45, 2.75) is 38.8 Å². The smallest absolute Gasteiger partial charge is 0.408 e. The highest BCUT2D eigenvalue weighted by Crippen LogP contribution is 2.42. The minimum Gasteiger partial charge on any atom is -0.504 e. The van der Waals surface area contributed by atoms with E-state index >= 15 is 0 Å². The molecular weight excluding hydrogens is 416 g/mol. The zero-order valence-electron chi connectivity index (χ0n) is 14.5. The number of halogens is 1. The summed E-state index contributed by atoms with van der Waals surface area (Å²) in [5.74, 6) is -2.08. The molecule has 0 radical (unpaired) electrons. The average molecular weight is 435 g/mol. The number of nitro benzene ring substituents is 1. The molecule has 1 rings (SSSR count). The van der Waals surface area contributed by atoms with Gasteiger partial charge >= 0.3 is 12.1 Å². The Labute approximate surface area is 157 Å². The second-order valence-corrected chi connectivity index (χ2v) is 7.03. The zero-order valence-corrected chi connectivity index (χ0v) is 16.1. The van der Waals surface area contributed by atoms with Crippen molar-refractivity contribution in [3.05, 3.63) is 26.2 Å². The molecule has 1 aromatic rings. The van der Waals surface area contributed by atoms with E-state index in [1.54, 1.807) is 20.8 Å². The van der Waals surface area contributed by atoms with Gasteiger partial charge in [-0.05, 0) is 36.7 Å². The van der Waals surface area contributed by atoms with E-state index < -0.39 is 46.5 Å². The lowest BCUT2D eigenvalue weighted by Gasteiger charge is -2.22. The number of aromatic hydroxyl groups is 1.